The molecule has 0 aromatic heterocycles. The lowest BCUT2D eigenvalue weighted by atomic mass is 9.26. The number of aliphatic hydroxyl groups excluding tert-OH is 2. The smallest absolute Gasteiger partial charge is 0.0471 e. The molecule has 2 saturated carbocycles. The quantitative estimate of drug-likeness (QED) is 0.759. The Bertz CT molecular complexity index is 403. The van der Waals surface area contributed by atoms with Crippen LogP contribution in [0.1, 0.15) is 64.2 Å². The first kappa shape index (κ1) is 13.3. The van der Waals surface area contributed by atoms with E-state index in [4.69, 9.17) is 0 Å². The van der Waals surface area contributed by atoms with Crippen molar-refractivity contribution in [3.63, 3.8) is 0 Å². The zero-order valence-electron chi connectivity index (χ0n) is 12.5. The van der Waals surface area contributed by atoms with E-state index >= 15 is 0 Å². The molecule has 0 aromatic carbocycles. The molecular formula is C18H28O2. The van der Waals surface area contributed by atoms with Gasteiger partial charge in [0.1, 0.15) is 0 Å². The first-order valence-corrected chi connectivity index (χ1v) is 8.77. The van der Waals surface area contributed by atoms with Gasteiger partial charge in [0.15, 0.2) is 0 Å². The number of hydrogen-bond donors (Lipinski definition) is 2. The van der Waals surface area contributed by atoms with Gasteiger partial charge in [0.25, 0.3) is 0 Å². The van der Waals surface area contributed by atoms with Gasteiger partial charge >= 0.3 is 0 Å². The summed E-state index contributed by atoms with van der Waals surface area (Å²) in [6, 6.07) is 0. The first-order valence-electron chi connectivity index (χ1n) is 8.77. The highest BCUT2D eigenvalue weighted by Crippen LogP contribution is 2.83. The van der Waals surface area contributed by atoms with Gasteiger partial charge in [-0.05, 0) is 50.4 Å². The number of rotatable bonds is 2. The Hall–Kier alpha value is -0.340. The predicted octanol–water partition coefficient (Wildman–Crippen LogP) is 3.43. The molecule has 0 spiro atoms. The molecular weight excluding hydrogens is 248 g/mol. The molecule has 2 fully saturated rings. The lowest BCUT2D eigenvalue weighted by molar-refractivity contribution is -0.227. The average Bonchev–Trinajstić information content (AvgIpc) is 2.74. The summed E-state index contributed by atoms with van der Waals surface area (Å²) < 4.78 is 0. The van der Waals surface area contributed by atoms with Crippen LogP contribution in [0.3, 0.4) is 0 Å². The van der Waals surface area contributed by atoms with Crippen LogP contribution < -0.4 is 0 Å². The van der Waals surface area contributed by atoms with E-state index in [1.807, 2.05) is 0 Å². The second kappa shape index (κ2) is 4.58. The third kappa shape index (κ3) is 1.25. The van der Waals surface area contributed by atoms with E-state index < -0.39 is 0 Å². The Morgan fingerprint density at radius 1 is 0.700 bits per heavy atom. The van der Waals surface area contributed by atoms with E-state index in [-0.39, 0.29) is 13.2 Å². The molecule has 20 heavy (non-hydrogen) atoms. The lowest BCUT2D eigenvalue weighted by Crippen LogP contribution is -2.74. The van der Waals surface area contributed by atoms with Gasteiger partial charge in [-0.2, -0.15) is 0 Å². The van der Waals surface area contributed by atoms with Crippen LogP contribution in [0.4, 0.5) is 0 Å². The zero-order chi connectivity index (χ0) is 13.8. The van der Waals surface area contributed by atoms with Crippen LogP contribution in [-0.2, 0) is 0 Å². The van der Waals surface area contributed by atoms with Crippen molar-refractivity contribution < 1.29 is 10.2 Å². The SMILES string of the molecule is OC[C@H]1[C@H](CO)[C@]23CCCCC[C@]12C1=C3CCCCC1. The molecule has 0 amide bonds. The van der Waals surface area contributed by atoms with Crippen molar-refractivity contribution in [2.45, 2.75) is 64.2 Å². The van der Waals surface area contributed by atoms with Gasteiger partial charge in [-0.15, -0.1) is 0 Å². The number of allylic oxidation sites excluding steroid dienone is 2. The van der Waals surface area contributed by atoms with Crippen molar-refractivity contribution in [2.75, 3.05) is 13.2 Å². The molecule has 0 bridgehead atoms. The summed E-state index contributed by atoms with van der Waals surface area (Å²) in [5, 5.41) is 19.9. The van der Waals surface area contributed by atoms with Crippen molar-refractivity contribution in [3.8, 4) is 0 Å². The third-order valence-electron chi connectivity index (χ3n) is 7.38. The largest absolute Gasteiger partial charge is 0.396 e. The van der Waals surface area contributed by atoms with E-state index in [9.17, 15) is 10.2 Å². The normalized spacial score (nSPS) is 47.1. The molecule has 0 aromatic rings. The van der Waals surface area contributed by atoms with Crippen LogP contribution in [0, 0.1) is 22.7 Å². The maximum atomic E-state index is 9.96. The van der Waals surface area contributed by atoms with Gasteiger partial charge in [0, 0.05) is 24.0 Å². The summed E-state index contributed by atoms with van der Waals surface area (Å²) in [7, 11) is 0. The highest BCUT2D eigenvalue weighted by atomic mass is 16.3. The van der Waals surface area contributed by atoms with Crippen molar-refractivity contribution >= 4 is 0 Å². The van der Waals surface area contributed by atoms with E-state index in [0.29, 0.717) is 22.7 Å². The minimum absolute atomic E-state index is 0.282. The maximum absolute atomic E-state index is 9.96. The fourth-order valence-corrected chi connectivity index (χ4v) is 6.91. The van der Waals surface area contributed by atoms with Crippen LogP contribution in [0.5, 0.6) is 0 Å². The third-order valence-corrected chi connectivity index (χ3v) is 7.38. The molecule has 0 radical (unpaired) electrons. The number of aliphatic hydroxyl groups is 2. The van der Waals surface area contributed by atoms with E-state index in [2.05, 4.69) is 0 Å². The molecule has 0 heterocycles. The molecule has 2 nitrogen and oxygen atoms in total. The molecule has 112 valence electrons. The fourth-order valence-electron chi connectivity index (χ4n) is 6.91. The van der Waals surface area contributed by atoms with Crippen molar-refractivity contribution in [1.29, 1.82) is 0 Å². The molecule has 2 heteroatoms. The van der Waals surface area contributed by atoms with Crippen LogP contribution in [-0.4, -0.2) is 23.4 Å². The van der Waals surface area contributed by atoms with Crippen LogP contribution in [0.2, 0.25) is 0 Å². The first-order chi connectivity index (χ1) is 9.83. The van der Waals surface area contributed by atoms with Gasteiger partial charge in [-0.1, -0.05) is 36.8 Å². The van der Waals surface area contributed by atoms with Gasteiger partial charge in [-0.3, -0.25) is 0 Å². The highest BCUT2D eigenvalue weighted by Gasteiger charge is 2.78. The minimum Gasteiger partial charge on any atom is -0.396 e. The molecule has 0 aliphatic heterocycles. The summed E-state index contributed by atoms with van der Waals surface area (Å²) in [5.41, 5.74) is 4.12. The Morgan fingerprint density at radius 3 is 1.60 bits per heavy atom. The molecule has 4 aliphatic rings. The van der Waals surface area contributed by atoms with Crippen LogP contribution in [0.25, 0.3) is 0 Å². The summed E-state index contributed by atoms with van der Waals surface area (Å²) in [4.78, 5) is 0. The summed E-state index contributed by atoms with van der Waals surface area (Å²) >= 11 is 0. The van der Waals surface area contributed by atoms with Gasteiger partial charge in [-0.25, -0.2) is 0 Å². The molecule has 2 N–H and O–H groups in total. The predicted molar refractivity (Wildman–Crippen MR) is 79.2 cm³/mol. The average molecular weight is 276 g/mol. The minimum atomic E-state index is 0.282. The molecule has 4 aliphatic carbocycles. The van der Waals surface area contributed by atoms with Gasteiger partial charge in [0.05, 0.1) is 0 Å². The van der Waals surface area contributed by atoms with E-state index in [1.54, 1.807) is 11.1 Å². The van der Waals surface area contributed by atoms with Crippen molar-refractivity contribution in [2.24, 2.45) is 22.7 Å². The van der Waals surface area contributed by atoms with E-state index in [0.717, 1.165) is 0 Å². The number of hydrogen-bond acceptors (Lipinski definition) is 2. The Kier molecular flexibility index (Phi) is 3.05. The van der Waals surface area contributed by atoms with E-state index in [1.165, 1.54) is 64.2 Å². The van der Waals surface area contributed by atoms with Crippen molar-refractivity contribution in [3.05, 3.63) is 11.1 Å². The van der Waals surface area contributed by atoms with Crippen molar-refractivity contribution in [1.82, 2.24) is 0 Å². The second-order valence-electron chi connectivity index (χ2n) is 7.60. The summed E-state index contributed by atoms with van der Waals surface area (Å²) in [6.45, 7) is 0.563. The van der Waals surface area contributed by atoms with Gasteiger partial charge in [0.2, 0.25) is 0 Å². The Labute approximate surface area is 122 Å². The summed E-state index contributed by atoms with van der Waals surface area (Å²) in [5.74, 6) is 0.699. The molecule has 4 rings (SSSR count). The maximum Gasteiger partial charge on any atom is 0.0471 e. The highest BCUT2D eigenvalue weighted by molar-refractivity contribution is 5.52. The molecule has 0 saturated heterocycles. The van der Waals surface area contributed by atoms with Crippen LogP contribution >= 0.6 is 0 Å². The summed E-state index contributed by atoms with van der Waals surface area (Å²) in [6.07, 6.45) is 13.2. The molecule has 4 atom stereocenters. The Balaban J connectivity index is 1.82. The monoisotopic (exact) mass is 276 g/mol. The standard InChI is InChI=1S/C18H28O2/c19-11-15-16(12-20)18-10-6-2-5-9-17(15,18)13-7-3-1-4-8-14(13)18/h15-16,19-20H,1-12H2/t15-,16-,17-,18+/m0/s1. The lowest BCUT2D eigenvalue weighted by Gasteiger charge is -2.78. The second-order valence-corrected chi connectivity index (χ2v) is 7.60. The Morgan fingerprint density at radius 2 is 1.15 bits per heavy atom. The van der Waals surface area contributed by atoms with Crippen LogP contribution in [0.15, 0.2) is 11.1 Å². The topological polar surface area (TPSA) is 40.5 Å². The fraction of sp³-hybridized carbons (Fsp3) is 0.889. The van der Waals surface area contributed by atoms with Gasteiger partial charge < -0.3 is 10.2 Å². The molecule has 0 unspecified atom stereocenters. The zero-order valence-corrected chi connectivity index (χ0v) is 12.5.